The number of halogens is 1. The highest BCUT2D eigenvalue weighted by atomic mass is 32.2. The highest BCUT2D eigenvalue weighted by molar-refractivity contribution is 7.88. The fraction of sp³-hybridized carbons (Fsp3) is 0.455. The summed E-state index contributed by atoms with van der Waals surface area (Å²) in [6.45, 7) is 1.52. The molecule has 17 heavy (non-hydrogen) atoms. The molecule has 1 unspecified atom stereocenters. The third-order valence-electron chi connectivity index (χ3n) is 2.31. The number of hydrogen-bond donors (Lipinski definition) is 2. The van der Waals surface area contributed by atoms with Crippen molar-refractivity contribution < 1.29 is 17.9 Å². The predicted molar refractivity (Wildman–Crippen MR) is 63.3 cm³/mol. The van der Waals surface area contributed by atoms with Crippen LogP contribution in [0.5, 0.6) is 0 Å². The second-order valence-corrected chi connectivity index (χ2v) is 5.55. The van der Waals surface area contributed by atoms with Gasteiger partial charge in [0.1, 0.15) is 5.82 Å². The van der Waals surface area contributed by atoms with E-state index in [-0.39, 0.29) is 12.4 Å². The van der Waals surface area contributed by atoms with E-state index in [1.807, 2.05) is 0 Å². The molecule has 4 nitrogen and oxygen atoms in total. The zero-order valence-corrected chi connectivity index (χ0v) is 10.4. The van der Waals surface area contributed by atoms with Crippen LogP contribution in [0.4, 0.5) is 4.39 Å². The Morgan fingerprint density at radius 2 is 2.18 bits per heavy atom. The van der Waals surface area contributed by atoms with Gasteiger partial charge in [0.15, 0.2) is 0 Å². The van der Waals surface area contributed by atoms with Gasteiger partial charge in [-0.15, -0.1) is 0 Å². The van der Waals surface area contributed by atoms with Gasteiger partial charge in [-0.1, -0.05) is 19.1 Å². The maximum absolute atomic E-state index is 12.9. The average Bonchev–Trinajstić information content (AvgIpc) is 2.25. The SMILES string of the molecule is CCC(CO)NS(=O)(=O)Cc1cccc(F)c1. The molecule has 0 saturated heterocycles. The Morgan fingerprint density at radius 1 is 1.47 bits per heavy atom. The van der Waals surface area contributed by atoms with Crippen molar-refractivity contribution in [2.45, 2.75) is 25.1 Å². The maximum Gasteiger partial charge on any atom is 0.216 e. The van der Waals surface area contributed by atoms with Crippen LogP contribution in [-0.4, -0.2) is 26.2 Å². The zero-order valence-electron chi connectivity index (χ0n) is 9.56. The number of aliphatic hydroxyl groups excluding tert-OH is 1. The number of benzene rings is 1. The molecule has 0 aliphatic heterocycles. The van der Waals surface area contributed by atoms with Crippen LogP contribution in [0.2, 0.25) is 0 Å². The smallest absolute Gasteiger partial charge is 0.216 e. The minimum atomic E-state index is -3.55. The molecule has 1 aromatic carbocycles. The van der Waals surface area contributed by atoms with Crippen molar-refractivity contribution in [3.63, 3.8) is 0 Å². The third kappa shape index (κ3) is 4.80. The first kappa shape index (κ1) is 14.1. The lowest BCUT2D eigenvalue weighted by Gasteiger charge is -2.14. The summed E-state index contributed by atoms with van der Waals surface area (Å²) >= 11 is 0. The van der Waals surface area contributed by atoms with Crippen molar-refractivity contribution in [2.75, 3.05) is 6.61 Å². The van der Waals surface area contributed by atoms with Crippen molar-refractivity contribution in [3.05, 3.63) is 35.6 Å². The summed E-state index contributed by atoms with van der Waals surface area (Å²) < 4.78 is 38.6. The standard InChI is InChI=1S/C11H16FNO3S/c1-2-11(7-14)13-17(15,16)8-9-4-3-5-10(12)6-9/h3-6,11,13-14H,2,7-8H2,1H3. The molecule has 0 radical (unpaired) electrons. The van der Waals surface area contributed by atoms with Crippen LogP contribution >= 0.6 is 0 Å². The van der Waals surface area contributed by atoms with Crippen molar-refractivity contribution in [2.24, 2.45) is 0 Å². The van der Waals surface area contributed by atoms with Gasteiger partial charge in [0.05, 0.1) is 12.4 Å². The largest absolute Gasteiger partial charge is 0.395 e. The number of aliphatic hydroxyl groups is 1. The van der Waals surface area contributed by atoms with E-state index >= 15 is 0 Å². The average molecular weight is 261 g/mol. The van der Waals surface area contributed by atoms with Gasteiger partial charge in [-0.2, -0.15) is 0 Å². The van der Waals surface area contributed by atoms with Crippen molar-refractivity contribution in [1.82, 2.24) is 4.72 Å². The Balaban J connectivity index is 2.73. The van der Waals surface area contributed by atoms with Crippen LogP contribution in [0.15, 0.2) is 24.3 Å². The Hall–Kier alpha value is -0.980. The first-order chi connectivity index (χ1) is 7.96. The van der Waals surface area contributed by atoms with Crippen molar-refractivity contribution in [3.8, 4) is 0 Å². The first-order valence-corrected chi connectivity index (χ1v) is 6.97. The van der Waals surface area contributed by atoms with Crippen LogP contribution < -0.4 is 4.72 Å². The number of hydrogen-bond acceptors (Lipinski definition) is 3. The molecule has 1 rings (SSSR count). The molecule has 0 spiro atoms. The molecule has 6 heteroatoms. The molecule has 0 amide bonds. The van der Waals surface area contributed by atoms with Crippen molar-refractivity contribution >= 4 is 10.0 Å². The van der Waals surface area contributed by atoms with Crippen LogP contribution in [0.3, 0.4) is 0 Å². The van der Waals surface area contributed by atoms with E-state index in [9.17, 15) is 12.8 Å². The highest BCUT2D eigenvalue weighted by Crippen LogP contribution is 2.08. The van der Waals surface area contributed by atoms with Gasteiger partial charge >= 0.3 is 0 Å². The fourth-order valence-electron chi connectivity index (χ4n) is 1.39. The molecule has 0 saturated carbocycles. The highest BCUT2D eigenvalue weighted by Gasteiger charge is 2.16. The lowest BCUT2D eigenvalue weighted by Crippen LogP contribution is -2.37. The normalized spacial score (nSPS) is 13.6. The van der Waals surface area contributed by atoms with Gasteiger partial charge in [0.2, 0.25) is 10.0 Å². The lowest BCUT2D eigenvalue weighted by atomic mass is 10.2. The molecular weight excluding hydrogens is 245 g/mol. The fourth-order valence-corrected chi connectivity index (χ4v) is 2.84. The van der Waals surface area contributed by atoms with Gasteiger partial charge in [-0.25, -0.2) is 17.5 Å². The molecule has 0 aliphatic rings. The Morgan fingerprint density at radius 3 is 2.71 bits per heavy atom. The maximum atomic E-state index is 12.9. The van der Waals surface area contributed by atoms with Crippen molar-refractivity contribution in [1.29, 1.82) is 0 Å². The molecule has 0 aromatic heterocycles. The minimum absolute atomic E-state index is 0.251. The van der Waals surface area contributed by atoms with E-state index in [1.165, 1.54) is 18.2 Å². The second-order valence-electron chi connectivity index (χ2n) is 3.79. The quantitative estimate of drug-likeness (QED) is 0.803. The summed E-state index contributed by atoms with van der Waals surface area (Å²) in [5, 5.41) is 8.91. The topological polar surface area (TPSA) is 66.4 Å². The molecule has 1 aromatic rings. The Bertz CT molecular complexity index is 458. The van der Waals surface area contributed by atoms with E-state index in [2.05, 4.69) is 4.72 Å². The van der Waals surface area contributed by atoms with Gasteiger partial charge in [-0.3, -0.25) is 0 Å². The molecular formula is C11H16FNO3S. The Kier molecular flexibility index (Phi) is 5.04. The van der Waals surface area contributed by atoms with Gasteiger partial charge in [-0.05, 0) is 24.1 Å². The minimum Gasteiger partial charge on any atom is -0.395 e. The van der Waals surface area contributed by atoms with Gasteiger partial charge in [0.25, 0.3) is 0 Å². The second kappa shape index (κ2) is 6.09. The molecule has 0 heterocycles. The van der Waals surface area contributed by atoms with Crippen LogP contribution in [0.25, 0.3) is 0 Å². The van der Waals surface area contributed by atoms with E-state index in [0.29, 0.717) is 12.0 Å². The predicted octanol–water partition coefficient (Wildman–Crippen LogP) is 1.02. The van der Waals surface area contributed by atoms with E-state index in [1.54, 1.807) is 13.0 Å². The number of rotatable bonds is 6. The van der Waals surface area contributed by atoms with Crippen LogP contribution in [-0.2, 0) is 15.8 Å². The van der Waals surface area contributed by atoms with E-state index in [0.717, 1.165) is 0 Å². The monoisotopic (exact) mass is 261 g/mol. The number of sulfonamides is 1. The summed E-state index contributed by atoms with van der Waals surface area (Å²) in [5.41, 5.74) is 0.380. The zero-order chi connectivity index (χ0) is 12.9. The summed E-state index contributed by atoms with van der Waals surface area (Å²) in [4.78, 5) is 0. The summed E-state index contributed by atoms with van der Waals surface area (Å²) in [6.07, 6.45) is 0.499. The lowest BCUT2D eigenvalue weighted by molar-refractivity contribution is 0.254. The van der Waals surface area contributed by atoms with E-state index < -0.39 is 21.9 Å². The van der Waals surface area contributed by atoms with Gasteiger partial charge in [0, 0.05) is 6.04 Å². The molecule has 2 N–H and O–H groups in total. The number of nitrogens with one attached hydrogen (secondary N) is 1. The summed E-state index contributed by atoms with van der Waals surface area (Å²) in [7, 11) is -3.55. The third-order valence-corrected chi connectivity index (χ3v) is 3.71. The Labute approximate surface area is 101 Å². The summed E-state index contributed by atoms with van der Waals surface area (Å²) in [6, 6.07) is 4.95. The molecule has 1 atom stereocenters. The molecule has 0 bridgehead atoms. The molecule has 96 valence electrons. The first-order valence-electron chi connectivity index (χ1n) is 5.32. The van der Waals surface area contributed by atoms with E-state index in [4.69, 9.17) is 5.11 Å². The summed E-state index contributed by atoms with van der Waals surface area (Å²) in [5.74, 6) is -0.756. The molecule has 0 aliphatic carbocycles. The van der Waals surface area contributed by atoms with Crippen LogP contribution in [0.1, 0.15) is 18.9 Å². The van der Waals surface area contributed by atoms with Gasteiger partial charge < -0.3 is 5.11 Å². The molecule has 0 fully saturated rings. The van der Waals surface area contributed by atoms with Crippen LogP contribution in [0, 0.1) is 5.82 Å².